The number of benzene rings is 2. The smallest absolute Gasteiger partial charge is 0.286 e. The molecule has 31 heavy (non-hydrogen) atoms. The van der Waals surface area contributed by atoms with Gasteiger partial charge in [0.05, 0.1) is 4.90 Å². The Hall–Kier alpha value is -2.04. The zero-order valence-corrected chi connectivity index (χ0v) is 19.3. The number of carbonyl (C=O) groups excluding carboxylic acids is 1. The molecule has 0 spiro atoms. The van der Waals surface area contributed by atoms with Gasteiger partial charge in [0, 0.05) is 34.7 Å². The lowest BCUT2D eigenvalue weighted by Crippen LogP contribution is -2.39. The van der Waals surface area contributed by atoms with Crippen LogP contribution in [0.25, 0.3) is 0 Å². The number of nitrogens with zero attached hydrogens (tertiary/aromatic N) is 3. The Labute approximate surface area is 194 Å². The van der Waals surface area contributed by atoms with E-state index in [1.165, 1.54) is 27.8 Å². The Morgan fingerprint density at radius 1 is 1.03 bits per heavy atom. The Morgan fingerprint density at radius 3 is 2.35 bits per heavy atom. The van der Waals surface area contributed by atoms with Crippen molar-refractivity contribution in [1.82, 2.24) is 14.5 Å². The molecular weight excluding hydrogens is 479 g/mol. The van der Waals surface area contributed by atoms with E-state index in [0.29, 0.717) is 40.3 Å². The van der Waals surface area contributed by atoms with E-state index in [2.05, 4.69) is 15.5 Å². The zero-order chi connectivity index (χ0) is 22.0. The van der Waals surface area contributed by atoms with Gasteiger partial charge in [0.2, 0.25) is 15.0 Å². The summed E-state index contributed by atoms with van der Waals surface area (Å²) in [7, 11) is -3.63. The summed E-state index contributed by atoms with van der Waals surface area (Å²) < 4.78 is 27.4. The number of sulfonamides is 1. The summed E-state index contributed by atoms with van der Waals surface area (Å²) in [6.45, 7) is 0.725. The van der Waals surface area contributed by atoms with E-state index in [1.807, 2.05) is 0 Å². The van der Waals surface area contributed by atoms with Gasteiger partial charge in [-0.3, -0.25) is 4.79 Å². The molecule has 0 saturated carbocycles. The number of hydrogen-bond donors (Lipinski definition) is 1. The lowest BCUT2D eigenvalue weighted by Gasteiger charge is -2.30. The van der Waals surface area contributed by atoms with Crippen molar-refractivity contribution in [2.75, 3.05) is 18.4 Å². The van der Waals surface area contributed by atoms with E-state index in [1.54, 1.807) is 36.4 Å². The molecule has 1 unspecified atom stereocenters. The van der Waals surface area contributed by atoms with Gasteiger partial charge in [0.25, 0.3) is 5.91 Å². The Kier molecular flexibility index (Phi) is 6.59. The minimum absolute atomic E-state index is 0.120. The molecule has 1 aliphatic heterocycles. The Balaban J connectivity index is 1.46. The SMILES string of the molecule is O=C(Nc1ccc(Cl)cc1)c1nnc(C2CCCN(S(=O)(=O)c3ccc(Cl)cc3)C2)s1. The van der Waals surface area contributed by atoms with Gasteiger partial charge in [-0.15, -0.1) is 10.2 Å². The lowest BCUT2D eigenvalue weighted by molar-refractivity contribution is 0.102. The highest BCUT2D eigenvalue weighted by Gasteiger charge is 2.32. The molecule has 162 valence electrons. The summed E-state index contributed by atoms with van der Waals surface area (Å²) in [5, 5.41) is 12.9. The van der Waals surface area contributed by atoms with Gasteiger partial charge in [0.15, 0.2) is 0 Å². The van der Waals surface area contributed by atoms with Crippen LogP contribution >= 0.6 is 34.5 Å². The van der Waals surface area contributed by atoms with Gasteiger partial charge in [-0.2, -0.15) is 4.31 Å². The van der Waals surface area contributed by atoms with Crippen molar-refractivity contribution in [2.45, 2.75) is 23.7 Å². The lowest BCUT2D eigenvalue weighted by atomic mass is 10.0. The fraction of sp³-hybridized carbons (Fsp3) is 0.250. The number of aromatic nitrogens is 2. The fourth-order valence-corrected chi connectivity index (χ4v) is 5.97. The van der Waals surface area contributed by atoms with Crippen LogP contribution in [0.4, 0.5) is 5.69 Å². The standard InChI is InChI=1S/C20H18Cl2N4O3S2/c21-14-3-7-16(8-4-14)23-18(27)20-25-24-19(30-20)13-2-1-11-26(12-13)31(28,29)17-9-5-15(22)6-10-17/h3-10,13H,1-2,11-12H2,(H,23,27). The summed E-state index contributed by atoms with van der Waals surface area (Å²) in [6.07, 6.45) is 1.48. The minimum atomic E-state index is -3.63. The van der Waals surface area contributed by atoms with Crippen LogP contribution in [0.3, 0.4) is 0 Å². The van der Waals surface area contributed by atoms with Crippen LogP contribution in [0.1, 0.15) is 33.6 Å². The number of halogens is 2. The molecule has 0 radical (unpaired) electrons. The van der Waals surface area contributed by atoms with Crippen molar-refractivity contribution < 1.29 is 13.2 Å². The zero-order valence-electron chi connectivity index (χ0n) is 16.2. The molecule has 1 aromatic heterocycles. The van der Waals surface area contributed by atoms with E-state index in [4.69, 9.17) is 23.2 Å². The third-order valence-electron chi connectivity index (χ3n) is 4.92. The summed E-state index contributed by atoms with van der Waals surface area (Å²) in [6, 6.07) is 12.9. The first-order valence-corrected chi connectivity index (χ1v) is 12.5. The van der Waals surface area contributed by atoms with Crippen molar-refractivity contribution in [1.29, 1.82) is 0 Å². The number of carbonyl (C=O) groups is 1. The van der Waals surface area contributed by atoms with Crippen LogP contribution in [-0.4, -0.2) is 41.9 Å². The van der Waals surface area contributed by atoms with Crippen LogP contribution in [-0.2, 0) is 10.0 Å². The fourth-order valence-electron chi connectivity index (χ4n) is 3.33. The van der Waals surface area contributed by atoms with E-state index in [0.717, 1.165) is 6.42 Å². The molecular formula is C20H18Cl2N4O3S2. The predicted molar refractivity (Wildman–Crippen MR) is 122 cm³/mol. The first-order chi connectivity index (χ1) is 14.8. The van der Waals surface area contributed by atoms with Crippen LogP contribution in [0.5, 0.6) is 0 Å². The van der Waals surface area contributed by atoms with E-state index >= 15 is 0 Å². The monoisotopic (exact) mass is 496 g/mol. The van der Waals surface area contributed by atoms with E-state index in [9.17, 15) is 13.2 Å². The average Bonchev–Trinajstić information content (AvgIpc) is 3.26. The molecule has 1 N–H and O–H groups in total. The van der Waals surface area contributed by atoms with E-state index < -0.39 is 10.0 Å². The summed E-state index contributed by atoms with van der Waals surface area (Å²) >= 11 is 12.9. The van der Waals surface area contributed by atoms with Crippen LogP contribution < -0.4 is 5.32 Å². The first kappa shape index (κ1) is 22.2. The second-order valence-corrected chi connectivity index (χ2v) is 10.9. The second-order valence-electron chi connectivity index (χ2n) is 7.06. The van der Waals surface area contributed by atoms with E-state index in [-0.39, 0.29) is 21.7 Å². The molecule has 3 aromatic rings. The number of nitrogens with one attached hydrogen (secondary N) is 1. The maximum absolute atomic E-state index is 13.0. The number of amides is 1. The Morgan fingerprint density at radius 2 is 1.68 bits per heavy atom. The number of piperidine rings is 1. The number of rotatable bonds is 5. The molecule has 0 aliphatic carbocycles. The first-order valence-electron chi connectivity index (χ1n) is 9.49. The van der Waals surface area contributed by atoms with Crippen molar-refractivity contribution in [2.24, 2.45) is 0 Å². The molecule has 4 rings (SSSR count). The molecule has 2 heterocycles. The third-order valence-corrected chi connectivity index (χ3v) is 8.39. The molecule has 1 atom stereocenters. The number of hydrogen-bond acceptors (Lipinski definition) is 6. The molecule has 1 amide bonds. The molecule has 7 nitrogen and oxygen atoms in total. The van der Waals surface area contributed by atoms with Crippen molar-refractivity contribution in [3.05, 3.63) is 68.6 Å². The summed E-state index contributed by atoms with van der Waals surface area (Å²) in [4.78, 5) is 12.7. The molecule has 1 fully saturated rings. The van der Waals surface area contributed by atoms with Crippen molar-refractivity contribution in [3.63, 3.8) is 0 Å². The minimum Gasteiger partial charge on any atom is -0.320 e. The van der Waals surface area contributed by atoms with Crippen LogP contribution in [0, 0.1) is 0 Å². The maximum Gasteiger partial charge on any atom is 0.286 e. The third kappa shape index (κ3) is 5.07. The highest BCUT2D eigenvalue weighted by atomic mass is 35.5. The molecule has 1 aliphatic rings. The summed E-state index contributed by atoms with van der Waals surface area (Å²) in [5.74, 6) is -0.488. The topological polar surface area (TPSA) is 92.3 Å². The Bertz CT molecular complexity index is 1180. The normalized spacial score (nSPS) is 17.4. The largest absolute Gasteiger partial charge is 0.320 e. The quantitative estimate of drug-likeness (QED) is 0.554. The number of anilines is 1. The van der Waals surface area contributed by atoms with Crippen LogP contribution in [0.2, 0.25) is 10.0 Å². The summed E-state index contributed by atoms with van der Waals surface area (Å²) in [5.41, 5.74) is 0.601. The van der Waals surface area contributed by atoms with Gasteiger partial charge in [-0.1, -0.05) is 34.5 Å². The van der Waals surface area contributed by atoms with Gasteiger partial charge < -0.3 is 5.32 Å². The van der Waals surface area contributed by atoms with Gasteiger partial charge in [-0.25, -0.2) is 8.42 Å². The predicted octanol–water partition coefficient (Wildman–Crippen LogP) is 4.67. The van der Waals surface area contributed by atoms with Crippen molar-refractivity contribution in [3.8, 4) is 0 Å². The van der Waals surface area contributed by atoms with Gasteiger partial charge in [-0.05, 0) is 61.4 Å². The maximum atomic E-state index is 13.0. The second kappa shape index (κ2) is 9.22. The highest BCUT2D eigenvalue weighted by molar-refractivity contribution is 7.89. The molecule has 0 bridgehead atoms. The molecule has 2 aromatic carbocycles. The molecule has 1 saturated heterocycles. The highest BCUT2D eigenvalue weighted by Crippen LogP contribution is 2.32. The average molecular weight is 497 g/mol. The van der Waals surface area contributed by atoms with Crippen LogP contribution in [0.15, 0.2) is 53.4 Å². The van der Waals surface area contributed by atoms with Gasteiger partial charge in [0.1, 0.15) is 5.01 Å². The van der Waals surface area contributed by atoms with Crippen molar-refractivity contribution >= 4 is 56.2 Å². The van der Waals surface area contributed by atoms with Gasteiger partial charge >= 0.3 is 0 Å². The molecule has 11 heteroatoms.